The van der Waals surface area contributed by atoms with E-state index in [1.54, 1.807) is 11.0 Å². The fourth-order valence-corrected chi connectivity index (χ4v) is 5.89. The fraction of sp³-hybridized carbons (Fsp3) is 0.500. The highest BCUT2D eigenvalue weighted by atomic mass is 32.1. The van der Waals surface area contributed by atoms with Crippen LogP contribution < -0.4 is 5.32 Å². The van der Waals surface area contributed by atoms with Crippen LogP contribution in [0.5, 0.6) is 0 Å². The molecule has 3 heterocycles. The van der Waals surface area contributed by atoms with E-state index in [1.807, 2.05) is 64.1 Å². The minimum atomic E-state index is -0.761. The van der Waals surface area contributed by atoms with Crippen molar-refractivity contribution in [2.45, 2.75) is 58.7 Å². The average molecular weight is 526 g/mol. The molecule has 0 aliphatic carbocycles. The Bertz CT molecular complexity index is 1150. The number of carbonyl (C=O) groups is 4. The molecule has 0 bridgehead atoms. The summed E-state index contributed by atoms with van der Waals surface area (Å²) in [6, 6.07) is 11.6. The minimum absolute atomic E-state index is 0.0608. The molecular weight excluding hydrogens is 490 g/mol. The van der Waals surface area contributed by atoms with Crippen molar-refractivity contribution >= 4 is 35.0 Å². The van der Waals surface area contributed by atoms with Gasteiger partial charge in [0.1, 0.15) is 12.1 Å². The van der Waals surface area contributed by atoms with Crippen molar-refractivity contribution in [1.29, 1.82) is 0 Å². The Balaban J connectivity index is 1.46. The summed E-state index contributed by atoms with van der Waals surface area (Å²) >= 11 is 1.38. The largest absolute Gasteiger partial charge is 0.449 e. The number of rotatable bonds is 8. The molecule has 4 rings (SSSR count). The van der Waals surface area contributed by atoms with Crippen LogP contribution in [0.4, 0.5) is 4.79 Å². The number of benzene rings is 1. The number of thiophene rings is 1. The lowest BCUT2D eigenvalue weighted by Gasteiger charge is -2.29. The third kappa shape index (κ3) is 6.04. The maximum absolute atomic E-state index is 13.7. The van der Waals surface area contributed by atoms with Gasteiger partial charge in [-0.15, -0.1) is 11.3 Å². The lowest BCUT2D eigenvalue weighted by atomic mass is 10.0. The summed E-state index contributed by atoms with van der Waals surface area (Å²) in [5.41, 5.74) is 1.03. The first kappa shape index (κ1) is 26.9. The number of hydrogen-bond donors (Lipinski definition) is 1. The molecule has 2 aliphatic rings. The van der Waals surface area contributed by atoms with Crippen molar-refractivity contribution < 1.29 is 23.9 Å². The van der Waals surface area contributed by atoms with Gasteiger partial charge in [-0.1, -0.05) is 58.0 Å². The lowest BCUT2D eigenvalue weighted by molar-refractivity contribution is -0.138. The molecule has 2 aliphatic heterocycles. The molecule has 3 amide bonds. The highest BCUT2D eigenvalue weighted by molar-refractivity contribution is 7.17. The molecule has 9 heteroatoms. The van der Waals surface area contributed by atoms with E-state index in [4.69, 9.17) is 4.74 Å². The third-order valence-corrected chi connectivity index (χ3v) is 7.81. The quantitative estimate of drug-likeness (QED) is 0.557. The number of fused-ring (bicyclic) bond motifs is 1. The molecule has 3 atom stereocenters. The maximum Gasteiger partial charge on any atom is 0.410 e. The molecule has 0 saturated carbocycles. The van der Waals surface area contributed by atoms with Crippen molar-refractivity contribution in [2.75, 3.05) is 19.7 Å². The highest BCUT2D eigenvalue weighted by Gasteiger charge is 2.52. The van der Waals surface area contributed by atoms with Crippen LogP contribution in [-0.4, -0.2) is 71.3 Å². The van der Waals surface area contributed by atoms with E-state index in [-0.39, 0.29) is 42.6 Å². The van der Waals surface area contributed by atoms with E-state index >= 15 is 0 Å². The van der Waals surface area contributed by atoms with Crippen LogP contribution in [0.2, 0.25) is 0 Å². The Morgan fingerprint density at radius 3 is 2.43 bits per heavy atom. The zero-order valence-corrected chi connectivity index (χ0v) is 22.6. The Hall–Kier alpha value is -3.20. The molecular formula is C28H35N3O5S. The third-order valence-electron chi connectivity index (χ3n) is 6.68. The van der Waals surface area contributed by atoms with Gasteiger partial charge in [-0.2, -0.15) is 0 Å². The summed E-state index contributed by atoms with van der Waals surface area (Å²) in [4.78, 5) is 56.9. The number of likely N-dealkylation sites (tertiary alicyclic amines) is 2. The number of amides is 3. The van der Waals surface area contributed by atoms with Crippen molar-refractivity contribution in [3.63, 3.8) is 0 Å². The second-order valence-corrected chi connectivity index (χ2v) is 11.7. The van der Waals surface area contributed by atoms with Gasteiger partial charge < -0.3 is 15.0 Å². The standard InChI is InChI=1S/C28H35N3O5S/c1-17(2)14-20(29-26(33)24-11-10-23(37-24)19-8-6-5-7-9-19)27(34)30-13-12-21-25(30)22(32)15-31(21)28(35)36-16-18(3)4/h5-11,17-18,20-21,25H,12-16H2,1-4H3,(H,29,33). The van der Waals surface area contributed by atoms with Crippen LogP contribution >= 0.6 is 11.3 Å². The summed E-state index contributed by atoms with van der Waals surface area (Å²) < 4.78 is 5.35. The fourth-order valence-electron chi connectivity index (χ4n) is 4.98. The number of ketones is 1. The predicted octanol–water partition coefficient (Wildman–Crippen LogP) is 4.21. The van der Waals surface area contributed by atoms with E-state index < -0.39 is 24.2 Å². The Kier molecular flexibility index (Phi) is 8.32. The number of nitrogens with one attached hydrogen (secondary N) is 1. The molecule has 37 heavy (non-hydrogen) atoms. The summed E-state index contributed by atoms with van der Waals surface area (Å²) in [6.45, 7) is 8.45. The van der Waals surface area contributed by atoms with Crippen LogP contribution in [0.25, 0.3) is 10.4 Å². The molecule has 3 unspecified atom stereocenters. The average Bonchev–Trinajstić information content (AvgIpc) is 3.59. The second-order valence-electron chi connectivity index (χ2n) is 10.6. The van der Waals surface area contributed by atoms with Crippen molar-refractivity contribution in [3.8, 4) is 10.4 Å². The Morgan fingerprint density at radius 1 is 1.03 bits per heavy atom. The van der Waals surface area contributed by atoms with Crippen molar-refractivity contribution in [3.05, 3.63) is 47.3 Å². The molecule has 1 N–H and O–H groups in total. The highest BCUT2D eigenvalue weighted by Crippen LogP contribution is 2.32. The minimum Gasteiger partial charge on any atom is -0.449 e. The van der Waals surface area contributed by atoms with E-state index in [9.17, 15) is 19.2 Å². The molecule has 2 fully saturated rings. The van der Waals surface area contributed by atoms with Gasteiger partial charge in [-0.3, -0.25) is 19.3 Å². The monoisotopic (exact) mass is 525 g/mol. The van der Waals surface area contributed by atoms with Crippen LogP contribution in [0, 0.1) is 11.8 Å². The van der Waals surface area contributed by atoms with Crippen molar-refractivity contribution in [2.24, 2.45) is 11.8 Å². The molecule has 2 saturated heterocycles. The molecule has 1 aromatic heterocycles. The van der Waals surface area contributed by atoms with Gasteiger partial charge in [0.25, 0.3) is 5.91 Å². The lowest BCUT2D eigenvalue weighted by Crippen LogP contribution is -2.52. The van der Waals surface area contributed by atoms with Gasteiger partial charge >= 0.3 is 6.09 Å². The van der Waals surface area contributed by atoms with Gasteiger partial charge in [0.05, 0.1) is 24.1 Å². The van der Waals surface area contributed by atoms with E-state index in [1.165, 1.54) is 16.2 Å². The van der Waals surface area contributed by atoms with E-state index in [0.717, 1.165) is 10.4 Å². The topological polar surface area (TPSA) is 96.0 Å². The van der Waals surface area contributed by atoms with E-state index in [0.29, 0.717) is 24.3 Å². The zero-order chi connectivity index (χ0) is 26.7. The summed E-state index contributed by atoms with van der Waals surface area (Å²) in [5.74, 6) is -0.415. The number of Topliss-reactive ketones (excluding diaryl/α,β-unsaturated/α-hetero) is 1. The smallest absolute Gasteiger partial charge is 0.410 e. The zero-order valence-electron chi connectivity index (χ0n) is 21.8. The predicted molar refractivity (Wildman–Crippen MR) is 142 cm³/mol. The first-order valence-corrected chi connectivity index (χ1v) is 13.7. The molecule has 0 spiro atoms. The van der Waals surface area contributed by atoms with Crippen LogP contribution in [0.1, 0.15) is 50.2 Å². The molecule has 0 radical (unpaired) electrons. The van der Waals surface area contributed by atoms with Gasteiger partial charge in [0.15, 0.2) is 5.78 Å². The molecule has 1 aromatic carbocycles. The van der Waals surface area contributed by atoms with Gasteiger partial charge in [0.2, 0.25) is 5.91 Å². The molecule has 8 nitrogen and oxygen atoms in total. The molecule has 2 aromatic rings. The number of hydrogen-bond acceptors (Lipinski definition) is 6. The normalized spacial score (nSPS) is 19.9. The number of nitrogens with zero attached hydrogens (tertiary/aromatic N) is 2. The van der Waals surface area contributed by atoms with Gasteiger partial charge in [-0.25, -0.2) is 4.79 Å². The van der Waals surface area contributed by atoms with Crippen LogP contribution in [0.15, 0.2) is 42.5 Å². The first-order valence-electron chi connectivity index (χ1n) is 12.9. The van der Waals surface area contributed by atoms with Crippen molar-refractivity contribution in [1.82, 2.24) is 15.1 Å². The number of ether oxygens (including phenoxy) is 1. The summed E-state index contributed by atoms with van der Waals surface area (Å²) in [6.07, 6.45) is 0.443. The SMILES string of the molecule is CC(C)COC(=O)N1CC(=O)C2C1CCN2C(=O)C(CC(C)C)NC(=O)c1ccc(-c2ccccc2)s1. The molecule has 198 valence electrons. The maximum atomic E-state index is 13.7. The Labute approximate surface area is 222 Å². The summed E-state index contributed by atoms with van der Waals surface area (Å²) in [5, 5.41) is 2.93. The van der Waals surface area contributed by atoms with Gasteiger partial charge in [-0.05, 0) is 42.4 Å². The van der Waals surface area contributed by atoms with Crippen LogP contribution in [-0.2, 0) is 14.3 Å². The van der Waals surface area contributed by atoms with Crippen LogP contribution in [0.3, 0.4) is 0 Å². The van der Waals surface area contributed by atoms with E-state index in [2.05, 4.69) is 5.32 Å². The second kappa shape index (κ2) is 11.5. The summed E-state index contributed by atoms with van der Waals surface area (Å²) in [7, 11) is 0. The Morgan fingerprint density at radius 2 is 1.76 bits per heavy atom. The number of carbonyl (C=O) groups excluding carboxylic acids is 4. The first-order chi connectivity index (χ1) is 17.7. The van der Waals surface area contributed by atoms with Gasteiger partial charge in [0, 0.05) is 11.4 Å².